The Morgan fingerprint density at radius 2 is 1.88 bits per heavy atom. The van der Waals surface area contributed by atoms with Crippen LogP contribution in [0.2, 0.25) is 0 Å². The predicted molar refractivity (Wildman–Crippen MR) is 94.9 cm³/mol. The largest absolute Gasteiger partial charge is 0.344 e. The van der Waals surface area contributed by atoms with Gasteiger partial charge in [-0.2, -0.15) is 5.10 Å². The molecule has 2 rings (SSSR count). The molecule has 0 aliphatic heterocycles. The van der Waals surface area contributed by atoms with Gasteiger partial charge in [-0.05, 0) is 30.4 Å². The van der Waals surface area contributed by atoms with E-state index in [2.05, 4.69) is 24.3 Å². The summed E-state index contributed by atoms with van der Waals surface area (Å²) in [5.41, 5.74) is 1.16. The van der Waals surface area contributed by atoms with Gasteiger partial charge in [0.05, 0.1) is 6.04 Å². The van der Waals surface area contributed by atoms with E-state index in [1.807, 2.05) is 37.3 Å². The fraction of sp³-hybridized carbons (Fsp3) is 0.421. The van der Waals surface area contributed by atoms with Crippen molar-refractivity contribution in [2.75, 3.05) is 0 Å². The van der Waals surface area contributed by atoms with E-state index >= 15 is 0 Å². The topological polar surface area (TPSA) is 64.0 Å². The predicted octanol–water partition coefficient (Wildman–Crippen LogP) is 3.17. The average Bonchev–Trinajstić information content (AvgIpc) is 2.56. The summed E-state index contributed by atoms with van der Waals surface area (Å²) in [5.74, 6) is 0.187. The summed E-state index contributed by atoms with van der Waals surface area (Å²) in [5, 5.41) is 7.23. The quantitative estimate of drug-likeness (QED) is 0.849. The molecule has 0 aliphatic carbocycles. The van der Waals surface area contributed by atoms with Crippen LogP contribution in [0.3, 0.4) is 0 Å². The molecule has 0 fully saturated rings. The van der Waals surface area contributed by atoms with Gasteiger partial charge in [0, 0.05) is 12.6 Å². The second kappa shape index (κ2) is 8.43. The molecule has 2 aromatic rings. The van der Waals surface area contributed by atoms with E-state index in [1.165, 1.54) is 16.8 Å². The summed E-state index contributed by atoms with van der Waals surface area (Å²) >= 11 is 0. The van der Waals surface area contributed by atoms with Crippen LogP contribution in [0.4, 0.5) is 0 Å². The summed E-state index contributed by atoms with van der Waals surface area (Å²) < 4.78 is 1.34. The Bertz CT molecular complexity index is 723. The highest BCUT2D eigenvalue weighted by Gasteiger charge is 2.18. The Kier molecular flexibility index (Phi) is 6.29. The third-order valence-corrected chi connectivity index (χ3v) is 3.75. The van der Waals surface area contributed by atoms with Gasteiger partial charge in [0.25, 0.3) is 11.5 Å². The van der Waals surface area contributed by atoms with Crippen molar-refractivity contribution in [3.63, 3.8) is 0 Å². The SMILES string of the molecule is CCCn1nc(C(=O)NC(CC(C)C)c2ccccc2)ccc1=O. The van der Waals surface area contributed by atoms with E-state index in [4.69, 9.17) is 0 Å². The molecule has 0 bridgehead atoms. The van der Waals surface area contributed by atoms with Crippen LogP contribution in [0.25, 0.3) is 0 Å². The minimum absolute atomic E-state index is 0.0768. The molecule has 1 heterocycles. The lowest BCUT2D eigenvalue weighted by Gasteiger charge is -2.21. The zero-order chi connectivity index (χ0) is 17.5. The molecule has 1 unspecified atom stereocenters. The van der Waals surface area contributed by atoms with Gasteiger partial charge in [0.1, 0.15) is 5.69 Å². The van der Waals surface area contributed by atoms with E-state index in [1.54, 1.807) is 0 Å². The smallest absolute Gasteiger partial charge is 0.272 e. The van der Waals surface area contributed by atoms with Crippen LogP contribution in [0.15, 0.2) is 47.3 Å². The van der Waals surface area contributed by atoms with E-state index < -0.39 is 0 Å². The summed E-state index contributed by atoms with van der Waals surface area (Å²) in [4.78, 5) is 24.3. The molecule has 0 saturated heterocycles. The first-order valence-corrected chi connectivity index (χ1v) is 8.45. The molecule has 0 spiro atoms. The number of nitrogens with zero attached hydrogens (tertiary/aromatic N) is 2. The number of hydrogen-bond acceptors (Lipinski definition) is 3. The lowest BCUT2D eigenvalue weighted by atomic mass is 9.97. The van der Waals surface area contributed by atoms with Gasteiger partial charge in [-0.15, -0.1) is 0 Å². The number of nitrogens with one attached hydrogen (secondary N) is 1. The monoisotopic (exact) mass is 327 g/mol. The molecule has 0 radical (unpaired) electrons. The highest BCUT2D eigenvalue weighted by Crippen LogP contribution is 2.21. The van der Waals surface area contributed by atoms with Gasteiger partial charge in [0.15, 0.2) is 0 Å². The van der Waals surface area contributed by atoms with E-state index in [9.17, 15) is 9.59 Å². The highest BCUT2D eigenvalue weighted by molar-refractivity contribution is 5.92. The Hall–Kier alpha value is -2.43. The summed E-state index contributed by atoms with van der Waals surface area (Å²) in [7, 11) is 0. The van der Waals surface area contributed by atoms with E-state index in [0.717, 1.165) is 18.4 Å². The second-order valence-corrected chi connectivity index (χ2v) is 6.35. The fourth-order valence-electron chi connectivity index (χ4n) is 2.61. The van der Waals surface area contributed by atoms with Gasteiger partial charge in [-0.3, -0.25) is 9.59 Å². The van der Waals surface area contributed by atoms with Crippen molar-refractivity contribution in [2.24, 2.45) is 5.92 Å². The highest BCUT2D eigenvalue weighted by atomic mass is 16.2. The number of rotatable bonds is 7. The van der Waals surface area contributed by atoms with Crippen LogP contribution in [0.5, 0.6) is 0 Å². The number of benzene rings is 1. The van der Waals surface area contributed by atoms with Crippen molar-refractivity contribution in [3.8, 4) is 0 Å². The minimum atomic E-state index is -0.255. The first-order chi connectivity index (χ1) is 11.5. The Balaban J connectivity index is 2.21. The number of carbonyl (C=O) groups excluding carboxylic acids is 1. The third-order valence-electron chi connectivity index (χ3n) is 3.75. The van der Waals surface area contributed by atoms with Crippen LogP contribution in [0, 0.1) is 5.92 Å². The lowest BCUT2D eigenvalue weighted by Crippen LogP contribution is -2.32. The molecule has 5 nitrogen and oxygen atoms in total. The lowest BCUT2D eigenvalue weighted by molar-refractivity contribution is 0.0924. The maximum atomic E-state index is 12.6. The number of hydrogen-bond donors (Lipinski definition) is 1. The summed E-state index contributed by atoms with van der Waals surface area (Å²) in [6, 6.07) is 12.7. The van der Waals surface area contributed by atoms with Gasteiger partial charge in [-0.25, -0.2) is 4.68 Å². The molecule has 0 aliphatic rings. The fourth-order valence-corrected chi connectivity index (χ4v) is 2.61. The molecule has 5 heteroatoms. The van der Waals surface area contributed by atoms with Crippen molar-refractivity contribution in [3.05, 3.63) is 64.1 Å². The van der Waals surface area contributed by atoms with Crippen molar-refractivity contribution >= 4 is 5.91 Å². The van der Waals surface area contributed by atoms with Crippen LogP contribution < -0.4 is 10.9 Å². The van der Waals surface area contributed by atoms with Crippen LogP contribution in [-0.2, 0) is 6.54 Å². The zero-order valence-electron chi connectivity index (χ0n) is 14.5. The van der Waals surface area contributed by atoms with E-state index in [0.29, 0.717) is 12.5 Å². The molecular weight excluding hydrogens is 302 g/mol. The molecular formula is C19H25N3O2. The first-order valence-electron chi connectivity index (χ1n) is 8.45. The number of aromatic nitrogens is 2. The Morgan fingerprint density at radius 3 is 2.50 bits per heavy atom. The van der Waals surface area contributed by atoms with Gasteiger partial charge in [-0.1, -0.05) is 51.1 Å². The number of carbonyl (C=O) groups is 1. The molecule has 24 heavy (non-hydrogen) atoms. The minimum Gasteiger partial charge on any atom is -0.344 e. The van der Waals surface area contributed by atoms with Crippen molar-refractivity contribution in [1.82, 2.24) is 15.1 Å². The maximum Gasteiger partial charge on any atom is 0.272 e. The average molecular weight is 327 g/mol. The van der Waals surface area contributed by atoms with Crippen LogP contribution >= 0.6 is 0 Å². The molecule has 1 N–H and O–H groups in total. The zero-order valence-corrected chi connectivity index (χ0v) is 14.5. The van der Waals surface area contributed by atoms with Gasteiger partial charge >= 0.3 is 0 Å². The molecule has 1 aromatic carbocycles. The summed E-state index contributed by atoms with van der Waals surface area (Å²) in [6.45, 7) is 6.73. The molecule has 1 atom stereocenters. The Morgan fingerprint density at radius 1 is 1.17 bits per heavy atom. The third kappa shape index (κ3) is 4.78. The van der Waals surface area contributed by atoms with Crippen molar-refractivity contribution < 1.29 is 4.79 Å². The number of amides is 1. The first kappa shape index (κ1) is 17.9. The maximum absolute atomic E-state index is 12.6. The van der Waals surface area contributed by atoms with Crippen molar-refractivity contribution in [2.45, 2.75) is 46.2 Å². The number of aryl methyl sites for hydroxylation is 1. The summed E-state index contributed by atoms with van der Waals surface area (Å²) in [6.07, 6.45) is 1.63. The standard InChI is InChI=1S/C19H25N3O2/c1-4-12-22-18(23)11-10-16(21-22)19(24)20-17(13-14(2)3)15-8-6-5-7-9-15/h5-11,14,17H,4,12-13H2,1-3H3,(H,20,24). The van der Waals surface area contributed by atoms with Crippen molar-refractivity contribution in [1.29, 1.82) is 0 Å². The Labute approximate surface area is 142 Å². The molecule has 1 aromatic heterocycles. The normalized spacial score (nSPS) is 12.2. The van der Waals surface area contributed by atoms with E-state index in [-0.39, 0.29) is 23.2 Å². The van der Waals surface area contributed by atoms with Crippen LogP contribution in [-0.4, -0.2) is 15.7 Å². The van der Waals surface area contributed by atoms with Crippen LogP contribution in [0.1, 0.15) is 55.7 Å². The molecule has 0 saturated carbocycles. The molecule has 1 amide bonds. The van der Waals surface area contributed by atoms with Gasteiger partial charge < -0.3 is 5.32 Å². The molecule has 128 valence electrons. The van der Waals surface area contributed by atoms with Gasteiger partial charge in [0.2, 0.25) is 0 Å². The second-order valence-electron chi connectivity index (χ2n) is 6.35.